The fraction of sp³-hybridized carbons (Fsp3) is 0.333. The Morgan fingerprint density at radius 2 is 1.64 bits per heavy atom. The Morgan fingerprint density at radius 3 is 2.36 bits per heavy atom. The van der Waals surface area contributed by atoms with Crippen molar-refractivity contribution < 1.29 is 9.59 Å². The van der Waals surface area contributed by atoms with Gasteiger partial charge >= 0.3 is 0 Å². The summed E-state index contributed by atoms with van der Waals surface area (Å²) in [4.78, 5) is 27.4. The zero-order chi connectivity index (χ0) is 17.9. The van der Waals surface area contributed by atoms with Gasteiger partial charge in [0.25, 0.3) is 0 Å². The molecule has 3 rings (SSSR count). The van der Waals surface area contributed by atoms with Crippen LogP contribution in [0.3, 0.4) is 0 Å². The molecule has 4 heteroatoms. The largest absolute Gasteiger partial charge is 0.351 e. The van der Waals surface area contributed by atoms with Crippen LogP contribution in [0.1, 0.15) is 30.5 Å². The highest BCUT2D eigenvalue weighted by Gasteiger charge is 2.39. The first kappa shape index (κ1) is 17.2. The summed E-state index contributed by atoms with van der Waals surface area (Å²) in [6.07, 6.45) is 0.837. The number of benzene rings is 2. The Kier molecular flexibility index (Phi) is 4.88. The van der Waals surface area contributed by atoms with Crippen LogP contribution in [-0.4, -0.2) is 23.3 Å². The van der Waals surface area contributed by atoms with Gasteiger partial charge in [-0.2, -0.15) is 0 Å². The zero-order valence-corrected chi connectivity index (χ0v) is 14.8. The van der Waals surface area contributed by atoms with Crippen molar-refractivity contribution in [3.8, 4) is 0 Å². The number of amides is 2. The van der Waals surface area contributed by atoms with Gasteiger partial charge in [0.1, 0.15) is 5.41 Å². The predicted molar refractivity (Wildman–Crippen MR) is 97.6 cm³/mol. The fourth-order valence-electron chi connectivity index (χ4n) is 3.16. The average Bonchev–Trinajstić information content (AvgIpc) is 2.65. The van der Waals surface area contributed by atoms with E-state index in [0.717, 1.165) is 12.0 Å². The molecule has 0 radical (unpaired) electrons. The number of hydrogen-bond donors (Lipinski definition) is 1. The number of nitrogens with one attached hydrogen (secondary N) is 1. The van der Waals surface area contributed by atoms with Gasteiger partial charge in [0.2, 0.25) is 11.8 Å². The van der Waals surface area contributed by atoms with Gasteiger partial charge < -0.3 is 10.2 Å². The van der Waals surface area contributed by atoms with E-state index in [1.807, 2.05) is 42.5 Å². The lowest BCUT2D eigenvalue weighted by molar-refractivity contribution is -0.149. The van der Waals surface area contributed by atoms with Crippen LogP contribution in [0.2, 0.25) is 0 Å². The molecular formula is C21H24N2O2. The Hall–Kier alpha value is -2.62. The molecule has 2 amide bonds. The van der Waals surface area contributed by atoms with Crippen LogP contribution in [0.5, 0.6) is 0 Å². The summed E-state index contributed by atoms with van der Waals surface area (Å²) in [6.45, 7) is 5.07. The van der Waals surface area contributed by atoms with Crippen LogP contribution in [0.15, 0.2) is 54.6 Å². The Morgan fingerprint density at radius 1 is 1.00 bits per heavy atom. The summed E-state index contributed by atoms with van der Waals surface area (Å²) in [6, 6.07) is 17.9. The van der Waals surface area contributed by atoms with E-state index < -0.39 is 5.41 Å². The van der Waals surface area contributed by atoms with Gasteiger partial charge in [0, 0.05) is 19.6 Å². The SMILES string of the molecule is CC(C)(C(=O)NCc1ccccc1)C(=O)N1CCc2ccccc2C1. The van der Waals surface area contributed by atoms with Gasteiger partial charge in [-0.15, -0.1) is 0 Å². The quantitative estimate of drug-likeness (QED) is 0.873. The fourth-order valence-corrected chi connectivity index (χ4v) is 3.16. The van der Waals surface area contributed by atoms with E-state index in [4.69, 9.17) is 0 Å². The zero-order valence-electron chi connectivity index (χ0n) is 14.8. The minimum absolute atomic E-state index is 0.118. The molecule has 0 spiro atoms. The van der Waals surface area contributed by atoms with E-state index in [1.54, 1.807) is 18.7 Å². The van der Waals surface area contributed by atoms with Gasteiger partial charge in [0.15, 0.2) is 0 Å². The summed E-state index contributed by atoms with van der Waals surface area (Å²) in [5.41, 5.74) is 2.40. The lowest BCUT2D eigenvalue weighted by Crippen LogP contribution is -2.50. The molecule has 25 heavy (non-hydrogen) atoms. The number of carbonyl (C=O) groups excluding carboxylic acids is 2. The molecule has 1 aliphatic rings. The van der Waals surface area contributed by atoms with Gasteiger partial charge in [-0.05, 0) is 37.0 Å². The summed E-state index contributed by atoms with van der Waals surface area (Å²) in [7, 11) is 0. The Balaban J connectivity index is 1.65. The van der Waals surface area contributed by atoms with Gasteiger partial charge in [0.05, 0.1) is 0 Å². The van der Waals surface area contributed by atoms with Crippen LogP contribution < -0.4 is 5.32 Å². The van der Waals surface area contributed by atoms with Gasteiger partial charge in [-0.3, -0.25) is 9.59 Å². The number of hydrogen-bond acceptors (Lipinski definition) is 2. The molecule has 2 aromatic rings. The number of nitrogens with zero attached hydrogens (tertiary/aromatic N) is 1. The molecule has 0 unspecified atom stereocenters. The van der Waals surface area contributed by atoms with Gasteiger partial charge in [-0.1, -0.05) is 54.6 Å². The summed E-state index contributed by atoms with van der Waals surface area (Å²) >= 11 is 0. The second-order valence-corrected chi connectivity index (χ2v) is 7.04. The van der Waals surface area contributed by atoms with Crippen molar-refractivity contribution in [3.05, 3.63) is 71.3 Å². The second kappa shape index (κ2) is 7.09. The highest BCUT2D eigenvalue weighted by molar-refractivity contribution is 6.04. The van der Waals surface area contributed by atoms with Crippen LogP contribution in [0.25, 0.3) is 0 Å². The maximum atomic E-state index is 12.9. The number of fused-ring (bicyclic) bond motifs is 1. The highest BCUT2D eigenvalue weighted by Crippen LogP contribution is 2.25. The highest BCUT2D eigenvalue weighted by atomic mass is 16.2. The first-order valence-electron chi connectivity index (χ1n) is 8.67. The Labute approximate surface area is 148 Å². The molecule has 0 fully saturated rings. The first-order chi connectivity index (χ1) is 12.0. The van der Waals surface area contributed by atoms with Crippen molar-refractivity contribution in [2.24, 2.45) is 5.41 Å². The van der Waals surface area contributed by atoms with E-state index in [-0.39, 0.29) is 11.8 Å². The minimum atomic E-state index is -1.08. The molecule has 1 aliphatic heterocycles. The molecule has 2 aromatic carbocycles. The van der Waals surface area contributed by atoms with Gasteiger partial charge in [-0.25, -0.2) is 0 Å². The Bertz CT molecular complexity index is 768. The smallest absolute Gasteiger partial charge is 0.238 e. The average molecular weight is 336 g/mol. The lowest BCUT2D eigenvalue weighted by atomic mass is 9.88. The number of carbonyl (C=O) groups is 2. The van der Waals surface area contributed by atoms with E-state index >= 15 is 0 Å². The summed E-state index contributed by atoms with van der Waals surface area (Å²) < 4.78 is 0. The van der Waals surface area contributed by atoms with Crippen LogP contribution in [-0.2, 0) is 29.1 Å². The standard InChI is InChI=1S/C21H24N2O2/c1-21(2,19(24)22-14-16-8-4-3-5-9-16)20(25)23-13-12-17-10-6-7-11-18(17)15-23/h3-11H,12-15H2,1-2H3,(H,22,24). The van der Waals surface area contributed by atoms with E-state index in [1.165, 1.54) is 11.1 Å². The van der Waals surface area contributed by atoms with Crippen molar-refractivity contribution in [1.29, 1.82) is 0 Å². The monoisotopic (exact) mass is 336 g/mol. The van der Waals surface area contributed by atoms with Crippen molar-refractivity contribution >= 4 is 11.8 Å². The summed E-state index contributed by atoms with van der Waals surface area (Å²) in [5.74, 6) is -0.354. The maximum Gasteiger partial charge on any atom is 0.238 e. The summed E-state index contributed by atoms with van der Waals surface area (Å²) in [5, 5.41) is 2.89. The van der Waals surface area contributed by atoms with E-state index in [2.05, 4.69) is 17.4 Å². The van der Waals surface area contributed by atoms with E-state index in [0.29, 0.717) is 19.6 Å². The molecule has 4 nitrogen and oxygen atoms in total. The second-order valence-electron chi connectivity index (χ2n) is 7.04. The molecule has 0 aromatic heterocycles. The molecule has 0 saturated heterocycles. The topological polar surface area (TPSA) is 49.4 Å². The molecule has 130 valence electrons. The predicted octanol–water partition coefficient (Wildman–Crippen LogP) is 2.91. The molecule has 0 bridgehead atoms. The minimum Gasteiger partial charge on any atom is -0.351 e. The van der Waals surface area contributed by atoms with Crippen LogP contribution in [0, 0.1) is 5.41 Å². The number of rotatable bonds is 4. The van der Waals surface area contributed by atoms with Crippen LogP contribution in [0.4, 0.5) is 0 Å². The normalized spacial score (nSPS) is 13.9. The molecule has 0 aliphatic carbocycles. The molecule has 1 heterocycles. The third-order valence-electron chi connectivity index (χ3n) is 4.82. The lowest BCUT2D eigenvalue weighted by Gasteiger charge is -2.34. The maximum absolute atomic E-state index is 12.9. The molecular weight excluding hydrogens is 312 g/mol. The van der Waals surface area contributed by atoms with E-state index in [9.17, 15) is 9.59 Å². The van der Waals surface area contributed by atoms with Crippen LogP contribution >= 0.6 is 0 Å². The molecule has 0 saturated carbocycles. The third kappa shape index (κ3) is 3.73. The third-order valence-corrected chi connectivity index (χ3v) is 4.82. The van der Waals surface area contributed by atoms with Crippen molar-refractivity contribution in [1.82, 2.24) is 10.2 Å². The molecule has 1 N–H and O–H groups in total. The van der Waals surface area contributed by atoms with Crippen molar-refractivity contribution in [3.63, 3.8) is 0 Å². The first-order valence-corrected chi connectivity index (χ1v) is 8.67. The molecule has 0 atom stereocenters. The van der Waals surface area contributed by atoms with Crippen molar-refractivity contribution in [2.75, 3.05) is 6.54 Å². The van der Waals surface area contributed by atoms with Crippen molar-refractivity contribution in [2.45, 2.75) is 33.4 Å².